The van der Waals surface area contributed by atoms with E-state index in [-0.39, 0.29) is 18.1 Å². The summed E-state index contributed by atoms with van der Waals surface area (Å²) in [6, 6.07) is 6.36. The summed E-state index contributed by atoms with van der Waals surface area (Å²) in [7, 11) is 0. The fraction of sp³-hybridized carbons (Fsp3) is 0.476. The summed E-state index contributed by atoms with van der Waals surface area (Å²) in [5.74, 6) is -1.77. The molecule has 0 spiro atoms. The molecular weight excluding hydrogens is 364 g/mol. The minimum Gasteiger partial charge on any atom is -0.487 e. The van der Waals surface area contributed by atoms with E-state index in [4.69, 9.17) is 14.6 Å². The summed E-state index contributed by atoms with van der Waals surface area (Å²) >= 11 is 0. The summed E-state index contributed by atoms with van der Waals surface area (Å²) in [6.45, 7) is 8.10. The van der Waals surface area contributed by atoms with Gasteiger partial charge in [-0.2, -0.15) is 0 Å². The standard InChI is InChI=1S/C21H28O7/c1-6-13(2)17(12-27-20(25)14(3)11-18(22)23)28-16-9-7-15(8-10-16)19(24)21(4,5)26/h7-11,13,17,26H,6,12H2,1-5H3,(H,22,23)/b14-11-. The lowest BCUT2D eigenvalue weighted by Gasteiger charge is -2.24. The molecule has 7 nitrogen and oxygen atoms in total. The van der Waals surface area contributed by atoms with Gasteiger partial charge in [-0.1, -0.05) is 13.8 Å². The molecule has 154 valence electrons. The van der Waals surface area contributed by atoms with E-state index in [0.717, 1.165) is 12.5 Å². The van der Waals surface area contributed by atoms with Gasteiger partial charge in [0.15, 0.2) is 5.78 Å². The van der Waals surface area contributed by atoms with Crippen molar-refractivity contribution in [3.8, 4) is 5.75 Å². The second-order valence-electron chi connectivity index (χ2n) is 7.22. The van der Waals surface area contributed by atoms with Crippen LogP contribution in [0, 0.1) is 5.92 Å². The fourth-order valence-corrected chi connectivity index (χ4v) is 2.31. The minimum atomic E-state index is -1.46. The van der Waals surface area contributed by atoms with Crippen LogP contribution in [0.4, 0.5) is 0 Å². The van der Waals surface area contributed by atoms with Crippen LogP contribution < -0.4 is 4.74 Å². The smallest absolute Gasteiger partial charge is 0.334 e. The third kappa shape index (κ3) is 7.15. The van der Waals surface area contributed by atoms with Gasteiger partial charge in [-0.3, -0.25) is 4.79 Å². The van der Waals surface area contributed by atoms with Crippen LogP contribution in [-0.2, 0) is 14.3 Å². The molecular formula is C21H28O7. The van der Waals surface area contributed by atoms with Crippen molar-refractivity contribution in [2.24, 2.45) is 5.92 Å². The van der Waals surface area contributed by atoms with Crippen LogP contribution in [0.15, 0.2) is 35.9 Å². The van der Waals surface area contributed by atoms with Crippen LogP contribution in [0.5, 0.6) is 5.75 Å². The molecule has 0 fully saturated rings. The van der Waals surface area contributed by atoms with Gasteiger partial charge in [-0.25, -0.2) is 9.59 Å². The Labute approximate surface area is 165 Å². The van der Waals surface area contributed by atoms with Crippen LogP contribution in [0.3, 0.4) is 0 Å². The number of hydrogen-bond donors (Lipinski definition) is 2. The Kier molecular flexibility index (Phi) is 8.37. The second kappa shape index (κ2) is 10.0. The number of ketones is 1. The highest BCUT2D eigenvalue weighted by molar-refractivity contribution is 6.01. The van der Waals surface area contributed by atoms with Gasteiger partial charge < -0.3 is 19.7 Å². The average molecular weight is 392 g/mol. The first-order valence-corrected chi connectivity index (χ1v) is 9.08. The normalized spacial score (nSPS) is 14.1. The van der Waals surface area contributed by atoms with Gasteiger partial charge in [0, 0.05) is 17.2 Å². The van der Waals surface area contributed by atoms with Crippen LogP contribution in [0.2, 0.25) is 0 Å². The van der Waals surface area contributed by atoms with Crippen LogP contribution >= 0.6 is 0 Å². The van der Waals surface area contributed by atoms with Gasteiger partial charge in [0.05, 0.1) is 0 Å². The first-order chi connectivity index (χ1) is 13.0. The van der Waals surface area contributed by atoms with Gasteiger partial charge >= 0.3 is 11.9 Å². The number of rotatable bonds is 10. The molecule has 0 aliphatic carbocycles. The van der Waals surface area contributed by atoms with E-state index >= 15 is 0 Å². The molecule has 0 saturated heterocycles. The quantitative estimate of drug-likeness (QED) is 0.358. The molecule has 1 aromatic rings. The van der Waals surface area contributed by atoms with E-state index in [0.29, 0.717) is 11.3 Å². The summed E-state index contributed by atoms with van der Waals surface area (Å²) in [5, 5.41) is 18.5. The highest BCUT2D eigenvalue weighted by Gasteiger charge is 2.25. The first kappa shape index (κ1) is 23.4. The van der Waals surface area contributed by atoms with Crippen LogP contribution in [0.25, 0.3) is 0 Å². The number of ether oxygens (including phenoxy) is 2. The maximum absolute atomic E-state index is 12.1. The molecule has 2 atom stereocenters. The Morgan fingerprint density at radius 2 is 1.75 bits per heavy atom. The first-order valence-electron chi connectivity index (χ1n) is 9.08. The number of aliphatic hydroxyl groups is 1. The van der Waals surface area contributed by atoms with Crippen molar-refractivity contribution < 1.29 is 34.1 Å². The summed E-state index contributed by atoms with van der Waals surface area (Å²) in [5.41, 5.74) is -1.11. The van der Waals surface area contributed by atoms with Crippen LogP contribution in [-0.4, -0.2) is 46.2 Å². The van der Waals surface area contributed by atoms with Gasteiger partial charge in [-0.15, -0.1) is 0 Å². The van der Waals surface area contributed by atoms with Crippen molar-refractivity contribution in [1.29, 1.82) is 0 Å². The number of carbonyl (C=O) groups excluding carboxylic acids is 2. The predicted molar refractivity (Wildman–Crippen MR) is 103 cm³/mol. The SMILES string of the molecule is CCC(C)C(COC(=O)/C(C)=C\C(=O)O)Oc1ccc(C(=O)C(C)(C)O)cc1. The predicted octanol–water partition coefficient (Wildman–Crippen LogP) is 3.01. The Morgan fingerprint density at radius 3 is 2.21 bits per heavy atom. The maximum atomic E-state index is 12.1. The largest absolute Gasteiger partial charge is 0.487 e. The lowest BCUT2D eigenvalue weighted by molar-refractivity contribution is -0.142. The molecule has 0 heterocycles. The molecule has 0 saturated carbocycles. The number of aliphatic carboxylic acids is 1. The molecule has 7 heteroatoms. The van der Waals surface area contributed by atoms with E-state index in [1.165, 1.54) is 20.8 Å². The zero-order chi connectivity index (χ0) is 21.5. The summed E-state index contributed by atoms with van der Waals surface area (Å²) < 4.78 is 11.1. The lowest BCUT2D eigenvalue weighted by Crippen LogP contribution is -2.32. The highest BCUT2D eigenvalue weighted by atomic mass is 16.6. The maximum Gasteiger partial charge on any atom is 0.334 e. The molecule has 2 unspecified atom stereocenters. The van der Waals surface area contributed by atoms with Gasteiger partial charge in [0.1, 0.15) is 24.1 Å². The minimum absolute atomic E-state index is 0.00937. The van der Waals surface area contributed by atoms with Crippen molar-refractivity contribution in [1.82, 2.24) is 0 Å². The van der Waals surface area contributed by atoms with E-state index in [1.54, 1.807) is 24.3 Å². The third-order valence-corrected chi connectivity index (χ3v) is 4.28. The number of hydrogen-bond acceptors (Lipinski definition) is 6. The molecule has 2 N–H and O–H groups in total. The number of carboxylic acids is 1. The molecule has 0 aliphatic heterocycles. The molecule has 1 aromatic carbocycles. The molecule has 0 bridgehead atoms. The molecule has 0 aliphatic rings. The van der Waals surface area contributed by atoms with E-state index in [9.17, 15) is 19.5 Å². The van der Waals surface area contributed by atoms with Gasteiger partial charge in [0.2, 0.25) is 0 Å². The number of esters is 1. The number of carbonyl (C=O) groups is 3. The number of benzene rings is 1. The van der Waals surface area contributed by atoms with E-state index in [2.05, 4.69) is 0 Å². The van der Waals surface area contributed by atoms with Crippen molar-refractivity contribution in [3.05, 3.63) is 41.5 Å². The van der Waals surface area contributed by atoms with Crippen molar-refractivity contribution in [2.45, 2.75) is 52.7 Å². The van der Waals surface area contributed by atoms with E-state index < -0.39 is 29.4 Å². The Balaban J connectivity index is 2.83. The Morgan fingerprint density at radius 1 is 1.18 bits per heavy atom. The summed E-state index contributed by atoms with van der Waals surface area (Å²) in [6.07, 6.45) is 1.13. The molecule has 0 radical (unpaired) electrons. The number of Topliss-reactive ketones (excluding diaryl/α,β-unsaturated/α-hetero) is 1. The molecule has 1 rings (SSSR count). The lowest BCUT2D eigenvalue weighted by atomic mass is 9.97. The highest BCUT2D eigenvalue weighted by Crippen LogP contribution is 2.21. The number of carboxylic acid groups (broad SMARTS) is 1. The van der Waals surface area contributed by atoms with E-state index in [1.807, 2.05) is 13.8 Å². The Bertz CT molecular complexity index is 726. The van der Waals surface area contributed by atoms with Crippen molar-refractivity contribution >= 4 is 17.7 Å². The zero-order valence-electron chi connectivity index (χ0n) is 16.9. The van der Waals surface area contributed by atoms with Crippen molar-refractivity contribution in [2.75, 3.05) is 6.61 Å². The molecule has 0 aromatic heterocycles. The monoisotopic (exact) mass is 392 g/mol. The second-order valence-corrected chi connectivity index (χ2v) is 7.22. The zero-order valence-corrected chi connectivity index (χ0v) is 16.9. The van der Waals surface area contributed by atoms with Gasteiger partial charge in [-0.05, 0) is 57.4 Å². The molecule has 0 amide bonds. The van der Waals surface area contributed by atoms with Crippen molar-refractivity contribution in [3.63, 3.8) is 0 Å². The van der Waals surface area contributed by atoms with Crippen LogP contribution in [0.1, 0.15) is 51.4 Å². The Hall–Kier alpha value is -2.67. The summed E-state index contributed by atoms with van der Waals surface area (Å²) in [4.78, 5) is 34.6. The van der Waals surface area contributed by atoms with Gasteiger partial charge in [0.25, 0.3) is 0 Å². The molecule has 28 heavy (non-hydrogen) atoms. The third-order valence-electron chi connectivity index (χ3n) is 4.28. The average Bonchev–Trinajstić information content (AvgIpc) is 2.62. The topological polar surface area (TPSA) is 110 Å². The fourth-order valence-electron chi connectivity index (χ4n) is 2.31.